The number of nitrogens with one attached hydrogen (secondary N) is 2. The van der Waals surface area contributed by atoms with Crippen LogP contribution in [0.1, 0.15) is 52.1 Å². The monoisotopic (exact) mass is 368 g/mol. The lowest BCUT2D eigenvalue weighted by Gasteiger charge is -2.38. The first kappa shape index (κ1) is 17.3. The first-order chi connectivity index (χ1) is 10.2. The Morgan fingerprint density at radius 3 is 2.59 bits per heavy atom. The van der Waals surface area contributed by atoms with Gasteiger partial charge in [-0.25, -0.2) is 4.79 Å². The molecule has 0 aliphatic heterocycles. The summed E-state index contributed by atoms with van der Waals surface area (Å²) in [6, 6.07) is 9.27. The third-order valence-corrected chi connectivity index (χ3v) is 4.19. The highest BCUT2D eigenvalue weighted by Gasteiger charge is 2.32. The van der Waals surface area contributed by atoms with Crippen LogP contribution < -0.4 is 10.6 Å². The highest BCUT2D eigenvalue weighted by atomic mass is 79.9. The van der Waals surface area contributed by atoms with Crippen LogP contribution in [0.3, 0.4) is 0 Å². The molecule has 4 nitrogen and oxygen atoms in total. The quantitative estimate of drug-likeness (QED) is 0.838. The molecule has 1 saturated carbocycles. The van der Waals surface area contributed by atoms with E-state index in [0.717, 1.165) is 17.3 Å². The second kappa shape index (κ2) is 7.01. The van der Waals surface area contributed by atoms with Crippen LogP contribution in [0.4, 0.5) is 4.79 Å². The number of benzene rings is 1. The predicted octanol–water partition coefficient (Wildman–Crippen LogP) is 4.16. The molecule has 2 N–H and O–H groups in total. The number of halogens is 1. The van der Waals surface area contributed by atoms with Crippen molar-refractivity contribution in [1.82, 2.24) is 10.6 Å². The normalized spacial score (nSPS) is 22.6. The summed E-state index contributed by atoms with van der Waals surface area (Å²) >= 11 is 3.50. The first-order valence-electron chi connectivity index (χ1n) is 7.74. The van der Waals surface area contributed by atoms with Gasteiger partial charge in [-0.2, -0.15) is 0 Å². The maximum absolute atomic E-state index is 11.7. The van der Waals surface area contributed by atoms with E-state index in [-0.39, 0.29) is 12.1 Å². The van der Waals surface area contributed by atoms with Crippen LogP contribution in [-0.4, -0.2) is 23.8 Å². The van der Waals surface area contributed by atoms with Gasteiger partial charge in [-0.15, -0.1) is 0 Å². The van der Waals surface area contributed by atoms with E-state index < -0.39 is 5.60 Å². The Morgan fingerprint density at radius 1 is 1.32 bits per heavy atom. The summed E-state index contributed by atoms with van der Waals surface area (Å²) in [5, 5.41) is 6.51. The van der Waals surface area contributed by atoms with Crippen molar-refractivity contribution in [2.24, 2.45) is 0 Å². The molecule has 1 aliphatic carbocycles. The lowest BCUT2D eigenvalue weighted by atomic mass is 9.86. The average Bonchev–Trinajstić information content (AvgIpc) is 2.33. The molecule has 2 rings (SSSR count). The molecular formula is C17H25BrN2O2. The van der Waals surface area contributed by atoms with E-state index in [2.05, 4.69) is 45.6 Å². The molecule has 0 saturated heterocycles. The van der Waals surface area contributed by atoms with E-state index in [4.69, 9.17) is 4.74 Å². The zero-order valence-corrected chi connectivity index (χ0v) is 15.2. The van der Waals surface area contributed by atoms with Gasteiger partial charge in [-0.05, 0) is 58.2 Å². The first-order valence-corrected chi connectivity index (χ1v) is 8.53. The molecule has 1 atom stereocenters. The lowest BCUT2D eigenvalue weighted by molar-refractivity contribution is 0.0463. The second-order valence-corrected chi connectivity index (χ2v) is 7.87. The second-order valence-electron chi connectivity index (χ2n) is 6.95. The molecule has 1 aliphatic rings. The molecule has 1 aromatic carbocycles. The van der Waals surface area contributed by atoms with Gasteiger partial charge in [0, 0.05) is 22.6 Å². The summed E-state index contributed by atoms with van der Waals surface area (Å²) in [6.45, 7) is 7.78. The van der Waals surface area contributed by atoms with E-state index in [1.165, 1.54) is 5.56 Å². The number of carbonyl (C=O) groups excluding carboxylic acids is 1. The van der Waals surface area contributed by atoms with Gasteiger partial charge >= 0.3 is 6.09 Å². The van der Waals surface area contributed by atoms with Gasteiger partial charge < -0.3 is 15.4 Å². The van der Waals surface area contributed by atoms with Crippen LogP contribution >= 0.6 is 15.9 Å². The summed E-state index contributed by atoms with van der Waals surface area (Å²) in [6.07, 6.45) is 1.56. The molecule has 0 spiro atoms. The van der Waals surface area contributed by atoms with Crippen LogP contribution in [0.5, 0.6) is 0 Å². The van der Waals surface area contributed by atoms with Crippen LogP contribution in [-0.2, 0) is 4.74 Å². The maximum atomic E-state index is 11.7. The van der Waals surface area contributed by atoms with Crippen LogP contribution in [0.15, 0.2) is 28.7 Å². The summed E-state index contributed by atoms with van der Waals surface area (Å²) in [4.78, 5) is 11.7. The third-order valence-electron chi connectivity index (χ3n) is 3.69. The van der Waals surface area contributed by atoms with Gasteiger partial charge in [-0.1, -0.05) is 28.1 Å². The topological polar surface area (TPSA) is 50.4 Å². The number of rotatable bonds is 4. The highest BCUT2D eigenvalue weighted by molar-refractivity contribution is 9.10. The van der Waals surface area contributed by atoms with Gasteiger partial charge in [0.25, 0.3) is 0 Å². The van der Waals surface area contributed by atoms with Gasteiger partial charge in [-0.3, -0.25) is 0 Å². The molecule has 122 valence electrons. The number of hydrogen-bond acceptors (Lipinski definition) is 3. The summed E-state index contributed by atoms with van der Waals surface area (Å²) < 4.78 is 6.36. The predicted molar refractivity (Wildman–Crippen MR) is 91.9 cm³/mol. The molecular weight excluding hydrogens is 344 g/mol. The Bertz CT molecular complexity index is 522. The Hall–Kier alpha value is -1.07. The smallest absolute Gasteiger partial charge is 0.407 e. The van der Waals surface area contributed by atoms with Crippen molar-refractivity contribution in [2.45, 2.75) is 64.3 Å². The van der Waals surface area contributed by atoms with Crippen molar-refractivity contribution in [1.29, 1.82) is 0 Å². The van der Waals surface area contributed by atoms with E-state index in [1.54, 1.807) is 0 Å². The average molecular weight is 369 g/mol. The minimum Gasteiger partial charge on any atom is -0.444 e. The molecule has 0 heterocycles. The zero-order valence-electron chi connectivity index (χ0n) is 13.7. The van der Waals surface area contributed by atoms with Crippen LogP contribution in [0, 0.1) is 0 Å². The van der Waals surface area contributed by atoms with Crippen molar-refractivity contribution in [3.05, 3.63) is 34.3 Å². The molecule has 0 unspecified atom stereocenters. The molecule has 0 aromatic heterocycles. The molecule has 1 fully saturated rings. The number of alkyl carbamates (subject to hydrolysis) is 1. The molecule has 1 aromatic rings. The van der Waals surface area contributed by atoms with Gasteiger partial charge in [0.15, 0.2) is 0 Å². The van der Waals surface area contributed by atoms with Gasteiger partial charge in [0.05, 0.1) is 0 Å². The summed E-state index contributed by atoms with van der Waals surface area (Å²) in [5.41, 5.74) is 0.818. The largest absolute Gasteiger partial charge is 0.444 e. The van der Waals surface area contributed by atoms with Crippen molar-refractivity contribution in [3.63, 3.8) is 0 Å². The minimum atomic E-state index is -0.444. The minimum absolute atomic E-state index is 0.210. The molecule has 22 heavy (non-hydrogen) atoms. The Morgan fingerprint density at radius 2 is 2.00 bits per heavy atom. The lowest BCUT2D eigenvalue weighted by Crippen LogP contribution is -2.53. The molecule has 0 radical (unpaired) electrons. The third kappa shape index (κ3) is 5.29. The Labute approximate surface area is 141 Å². The fraction of sp³-hybridized carbons (Fsp3) is 0.588. The number of ether oxygens (including phenoxy) is 1. The Balaban J connectivity index is 1.72. The van der Waals surface area contributed by atoms with Crippen LogP contribution in [0.2, 0.25) is 0 Å². The summed E-state index contributed by atoms with van der Waals surface area (Å²) in [5.74, 6) is 0. The van der Waals surface area contributed by atoms with E-state index >= 15 is 0 Å². The van der Waals surface area contributed by atoms with E-state index in [9.17, 15) is 4.79 Å². The fourth-order valence-corrected chi connectivity index (χ4v) is 2.99. The standard InChI is InChI=1S/C17H25BrN2O2/c1-11(12-6-5-7-13(18)8-12)19-14-9-15(10-14)20-16(21)22-17(2,3)4/h5-8,11,14-15,19H,9-10H2,1-4H3,(H,20,21)/t11-,14?,15?/m1/s1. The molecule has 1 amide bonds. The molecule has 5 heteroatoms. The highest BCUT2D eigenvalue weighted by Crippen LogP contribution is 2.25. The van der Waals surface area contributed by atoms with Crippen LogP contribution in [0.25, 0.3) is 0 Å². The van der Waals surface area contributed by atoms with Crippen molar-refractivity contribution in [2.75, 3.05) is 0 Å². The van der Waals surface area contributed by atoms with Crippen molar-refractivity contribution in [3.8, 4) is 0 Å². The fourth-order valence-electron chi connectivity index (χ4n) is 2.57. The van der Waals surface area contributed by atoms with Gasteiger partial charge in [0.2, 0.25) is 0 Å². The van der Waals surface area contributed by atoms with E-state index in [0.29, 0.717) is 12.1 Å². The SMILES string of the molecule is C[C@@H](NC1CC(NC(=O)OC(C)(C)C)C1)c1cccc(Br)c1. The summed E-state index contributed by atoms with van der Waals surface area (Å²) in [7, 11) is 0. The van der Waals surface area contributed by atoms with E-state index in [1.807, 2.05) is 32.9 Å². The zero-order chi connectivity index (χ0) is 16.3. The maximum Gasteiger partial charge on any atom is 0.407 e. The number of hydrogen-bond donors (Lipinski definition) is 2. The van der Waals surface area contributed by atoms with Crippen molar-refractivity contribution >= 4 is 22.0 Å². The number of amides is 1. The van der Waals surface area contributed by atoms with Crippen molar-refractivity contribution < 1.29 is 9.53 Å². The molecule has 0 bridgehead atoms. The number of carbonyl (C=O) groups is 1. The van der Waals surface area contributed by atoms with Gasteiger partial charge in [0.1, 0.15) is 5.60 Å². The Kier molecular flexibility index (Phi) is 5.50.